The van der Waals surface area contributed by atoms with E-state index in [2.05, 4.69) is 46.2 Å². The fourth-order valence-electron chi connectivity index (χ4n) is 6.79. The molecule has 0 heterocycles. The van der Waals surface area contributed by atoms with Crippen LogP contribution < -0.4 is 28.3 Å². The number of nitrogens with two attached hydrogens (primary N) is 4. The first-order valence-corrected chi connectivity index (χ1v) is 24.3. The van der Waals surface area contributed by atoms with Crippen LogP contribution in [0, 0.1) is 0 Å². The Morgan fingerprint density at radius 3 is 1.22 bits per heavy atom. The van der Waals surface area contributed by atoms with E-state index in [9.17, 15) is 49.1 Å². The Morgan fingerprint density at radius 2 is 0.792 bits per heavy atom. The summed E-state index contributed by atoms with van der Waals surface area (Å²) in [6, 6.07) is 28.8. The molecule has 8 rings (SSSR count). The van der Waals surface area contributed by atoms with Crippen LogP contribution in [-0.2, 0) is 30.4 Å². The number of rotatable bonds is 13. The fourth-order valence-corrected chi connectivity index (χ4v) is 8.77. The van der Waals surface area contributed by atoms with Crippen molar-refractivity contribution in [3.8, 4) is 11.5 Å². The number of aromatic hydroxyl groups is 2. The van der Waals surface area contributed by atoms with Crippen molar-refractivity contribution in [3.63, 3.8) is 0 Å². The van der Waals surface area contributed by atoms with E-state index in [0.29, 0.717) is 22.7 Å². The summed E-state index contributed by atoms with van der Waals surface area (Å²) < 4.78 is 105. The first-order chi connectivity index (χ1) is 33.5. The molecule has 1 radical (unpaired) electrons. The standard InChI is InChI=1S/C44H35N13O11S3.Na/c45-24-3-12-35(33(47)17-24)54-51-28-5-1-22-15-39(70(63,64)65)41(43(58)31(22)19-28)56-50-27-9-7-26(8-10-27)49-37-14-11-30(21-38(37)69(60,61)62)53-57-42-40(71(66,67)68)16-23-2-6-29(20-32(23)44(42)59)52-55-36-13-4-25(46)18-34(36)48;/h1-21,49,58-59H,45-48H2,(H,60,61,62)(H,63,64,65)(H,66,67,68);. The molecule has 361 valence electrons. The molecule has 0 aliphatic rings. The van der Waals surface area contributed by atoms with Gasteiger partial charge in [0.15, 0.2) is 11.5 Å². The van der Waals surface area contributed by atoms with Crippen LogP contribution in [0.1, 0.15) is 0 Å². The van der Waals surface area contributed by atoms with Crippen molar-refractivity contribution in [2.24, 2.45) is 40.9 Å². The SMILES string of the molecule is Nc1ccc(N=Nc2ccc3cc(S(=O)(=O)O)c(N=Nc4ccc(Nc5ccc(N=Nc6c(S(=O)(=O)O)cc7ccc(N=Nc8ccc(N)cc8N)cc7c6O)cc5S(=O)(=O)O)cc4)c(O)c3c2)c(N)c1.[Na]. The zero-order valence-corrected chi connectivity index (χ0v) is 41.4. The van der Waals surface area contributed by atoms with Crippen LogP contribution in [0.25, 0.3) is 21.5 Å². The number of benzene rings is 8. The molecule has 0 unspecified atom stereocenters. The molecule has 0 fully saturated rings. The molecular weight excluding hydrogens is 1010 g/mol. The maximum absolute atomic E-state index is 12.6. The molecule has 0 aromatic heterocycles. The van der Waals surface area contributed by atoms with Crippen LogP contribution in [0.5, 0.6) is 11.5 Å². The summed E-state index contributed by atoms with van der Waals surface area (Å²) in [5.41, 5.74) is 24.3. The Balaban J connectivity index is 0.00000760. The van der Waals surface area contributed by atoms with Gasteiger partial charge in [-0.3, -0.25) is 13.7 Å². The van der Waals surface area contributed by atoms with Gasteiger partial charge in [0.05, 0.1) is 39.8 Å². The molecule has 8 aromatic carbocycles. The number of nitrogens with zero attached hydrogens (tertiary/aromatic N) is 8. The number of phenolic OH excluding ortho intramolecular Hbond substituents is 2. The number of hydrogen-bond donors (Lipinski definition) is 10. The van der Waals surface area contributed by atoms with E-state index in [0.717, 1.165) is 18.2 Å². The van der Waals surface area contributed by atoms with Crippen LogP contribution >= 0.6 is 0 Å². The minimum atomic E-state index is -5.04. The third-order valence-corrected chi connectivity index (χ3v) is 12.8. The molecule has 14 N–H and O–H groups in total. The Morgan fingerprint density at radius 1 is 0.403 bits per heavy atom. The minimum absolute atomic E-state index is 0. The fraction of sp³-hybridized carbons (Fsp3) is 0. The normalized spacial score (nSPS) is 12.4. The second-order valence-electron chi connectivity index (χ2n) is 15.2. The quantitative estimate of drug-likeness (QED) is 0.0222. The average molecular weight is 1040 g/mol. The molecule has 24 nitrogen and oxygen atoms in total. The molecule has 0 bridgehead atoms. The average Bonchev–Trinajstić information content (AvgIpc) is 3.30. The third-order valence-electron chi connectivity index (χ3n) is 10.2. The molecular formula is C44H35N13NaO11S3. The zero-order valence-electron chi connectivity index (χ0n) is 36.9. The molecule has 0 saturated heterocycles. The van der Waals surface area contributed by atoms with Crippen molar-refractivity contribution >= 4 is 161 Å². The Kier molecular flexibility index (Phi) is 14.7. The van der Waals surface area contributed by atoms with E-state index in [4.69, 9.17) is 22.9 Å². The van der Waals surface area contributed by atoms with Crippen LogP contribution in [0.15, 0.2) is 183 Å². The van der Waals surface area contributed by atoms with Gasteiger partial charge in [0.1, 0.15) is 37.4 Å². The molecule has 0 amide bonds. The van der Waals surface area contributed by atoms with Gasteiger partial charge in [-0.15, -0.1) is 20.5 Å². The van der Waals surface area contributed by atoms with Crippen LogP contribution in [-0.4, -0.2) is 78.7 Å². The second kappa shape index (κ2) is 20.4. The Bertz CT molecular complexity index is 3980. The molecule has 72 heavy (non-hydrogen) atoms. The summed E-state index contributed by atoms with van der Waals surface area (Å²) in [4.78, 5) is -2.30. The van der Waals surface area contributed by atoms with Gasteiger partial charge in [-0.1, -0.05) is 12.1 Å². The Labute approximate surface area is 430 Å². The van der Waals surface area contributed by atoms with Gasteiger partial charge in [0.2, 0.25) is 0 Å². The molecule has 8 aromatic rings. The number of anilines is 6. The van der Waals surface area contributed by atoms with E-state index in [-0.39, 0.29) is 96.6 Å². The number of nitrogens with one attached hydrogen (secondary N) is 1. The monoisotopic (exact) mass is 1040 g/mol. The van der Waals surface area contributed by atoms with Crippen molar-refractivity contribution in [1.29, 1.82) is 0 Å². The van der Waals surface area contributed by atoms with Crippen molar-refractivity contribution < 1.29 is 49.1 Å². The van der Waals surface area contributed by atoms with Crippen LogP contribution in [0.3, 0.4) is 0 Å². The van der Waals surface area contributed by atoms with Gasteiger partial charge >= 0.3 is 0 Å². The van der Waals surface area contributed by atoms with Crippen molar-refractivity contribution in [3.05, 3.63) is 127 Å². The Hall–Kier alpha value is -7.99. The van der Waals surface area contributed by atoms with Gasteiger partial charge < -0.3 is 38.5 Å². The summed E-state index contributed by atoms with van der Waals surface area (Å²) in [5.74, 6) is -1.41. The number of nitrogen functional groups attached to an aromatic ring is 4. The van der Waals surface area contributed by atoms with Crippen LogP contribution in [0.2, 0.25) is 0 Å². The van der Waals surface area contributed by atoms with E-state index in [1.165, 1.54) is 91.0 Å². The van der Waals surface area contributed by atoms with Gasteiger partial charge in [0, 0.05) is 57.4 Å². The van der Waals surface area contributed by atoms with Gasteiger partial charge in [0.25, 0.3) is 30.4 Å². The van der Waals surface area contributed by atoms with E-state index in [1.54, 1.807) is 18.2 Å². The predicted molar refractivity (Wildman–Crippen MR) is 270 cm³/mol. The summed E-state index contributed by atoms with van der Waals surface area (Å²) in [5, 5.41) is 57.9. The summed E-state index contributed by atoms with van der Waals surface area (Å²) in [6.45, 7) is 0. The second-order valence-corrected chi connectivity index (χ2v) is 19.3. The summed E-state index contributed by atoms with van der Waals surface area (Å²) in [7, 11) is -15.0. The largest absolute Gasteiger partial charge is 0.505 e. The first kappa shape index (κ1) is 51.8. The van der Waals surface area contributed by atoms with Crippen LogP contribution in [0.4, 0.5) is 79.6 Å². The molecule has 0 aliphatic heterocycles. The van der Waals surface area contributed by atoms with Gasteiger partial charge in [-0.25, -0.2) is 0 Å². The van der Waals surface area contributed by atoms with E-state index < -0.39 is 67.9 Å². The molecule has 0 spiro atoms. The van der Waals surface area contributed by atoms with E-state index >= 15 is 0 Å². The maximum atomic E-state index is 12.6. The summed E-state index contributed by atoms with van der Waals surface area (Å²) >= 11 is 0. The van der Waals surface area contributed by atoms with E-state index in [1.807, 2.05) is 0 Å². The zero-order chi connectivity index (χ0) is 51.0. The first-order valence-electron chi connectivity index (χ1n) is 20.0. The topological polar surface area (TPSA) is 419 Å². The molecule has 0 atom stereocenters. The van der Waals surface area contributed by atoms with Crippen molar-refractivity contribution in [2.75, 3.05) is 28.3 Å². The smallest absolute Gasteiger partial charge is 0.296 e. The number of fused-ring (bicyclic) bond motifs is 2. The number of phenols is 2. The third kappa shape index (κ3) is 11.6. The molecule has 0 saturated carbocycles. The summed E-state index contributed by atoms with van der Waals surface area (Å²) in [6.07, 6.45) is 0. The number of azo groups is 4. The molecule has 28 heteroatoms. The number of hydrogen-bond acceptors (Lipinski definition) is 21. The minimum Gasteiger partial charge on any atom is -0.505 e. The van der Waals surface area contributed by atoms with Crippen molar-refractivity contribution in [1.82, 2.24) is 0 Å². The predicted octanol–water partition coefficient (Wildman–Crippen LogP) is 10.5. The van der Waals surface area contributed by atoms with Gasteiger partial charge in [-0.05, 0) is 126 Å². The van der Waals surface area contributed by atoms with Gasteiger partial charge in [-0.2, -0.15) is 45.7 Å². The van der Waals surface area contributed by atoms with Crippen molar-refractivity contribution in [2.45, 2.75) is 14.7 Å². The molecule has 0 aliphatic carbocycles. The maximum Gasteiger partial charge on any atom is 0.296 e.